The van der Waals surface area contributed by atoms with E-state index in [4.69, 9.17) is 14.9 Å². The highest BCUT2D eigenvalue weighted by Crippen LogP contribution is 2.29. The predicted molar refractivity (Wildman–Crippen MR) is 97.4 cm³/mol. The molecule has 25 heavy (non-hydrogen) atoms. The standard InChI is InChI=1S/C20H26N2O3/c1-2-3-13-24-20(23)19-18(21)16-9-11-22(12-10-17(16)25-19)14-15-7-5-4-6-8-15/h4-8H,2-3,9-14,21H2,1H3. The van der Waals surface area contributed by atoms with E-state index < -0.39 is 5.97 Å². The number of hydrogen-bond donors (Lipinski definition) is 1. The topological polar surface area (TPSA) is 68.7 Å². The van der Waals surface area contributed by atoms with Crippen LogP contribution in [-0.2, 0) is 24.1 Å². The van der Waals surface area contributed by atoms with Crippen molar-refractivity contribution >= 4 is 11.7 Å². The van der Waals surface area contributed by atoms with Crippen LogP contribution in [-0.4, -0.2) is 30.6 Å². The maximum absolute atomic E-state index is 12.1. The molecule has 134 valence electrons. The number of carbonyl (C=O) groups is 1. The second-order valence-electron chi connectivity index (χ2n) is 6.50. The normalized spacial score (nSPS) is 14.8. The number of furan rings is 1. The Morgan fingerprint density at radius 1 is 1.24 bits per heavy atom. The molecule has 0 saturated heterocycles. The van der Waals surface area contributed by atoms with Crippen molar-refractivity contribution in [3.8, 4) is 0 Å². The number of ether oxygens (including phenoxy) is 1. The van der Waals surface area contributed by atoms with Gasteiger partial charge in [0.25, 0.3) is 0 Å². The van der Waals surface area contributed by atoms with E-state index in [9.17, 15) is 4.79 Å². The zero-order valence-electron chi connectivity index (χ0n) is 14.8. The van der Waals surface area contributed by atoms with Gasteiger partial charge >= 0.3 is 5.97 Å². The average Bonchev–Trinajstić information content (AvgIpc) is 2.81. The van der Waals surface area contributed by atoms with E-state index in [1.54, 1.807) is 0 Å². The van der Waals surface area contributed by atoms with Gasteiger partial charge in [0, 0.05) is 31.6 Å². The van der Waals surface area contributed by atoms with Gasteiger partial charge in [0.15, 0.2) is 0 Å². The monoisotopic (exact) mass is 342 g/mol. The van der Waals surface area contributed by atoms with Crippen molar-refractivity contribution in [2.45, 2.75) is 39.2 Å². The first-order chi connectivity index (χ1) is 12.2. The molecule has 0 bridgehead atoms. The first-order valence-electron chi connectivity index (χ1n) is 9.02. The number of benzene rings is 1. The van der Waals surface area contributed by atoms with Gasteiger partial charge in [0.05, 0.1) is 12.3 Å². The fraction of sp³-hybridized carbons (Fsp3) is 0.450. The van der Waals surface area contributed by atoms with Gasteiger partial charge in [-0.1, -0.05) is 43.7 Å². The molecule has 1 aliphatic rings. The summed E-state index contributed by atoms with van der Waals surface area (Å²) in [4.78, 5) is 14.5. The van der Waals surface area contributed by atoms with Crippen LogP contribution >= 0.6 is 0 Å². The summed E-state index contributed by atoms with van der Waals surface area (Å²) in [6, 6.07) is 10.4. The molecule has 0 spiro atoms. The molecule has 0 saturated carbocycles. The lowest BCUT2D eigenvalue weighted by atomic mass is 10.1. The van der Waals surface area contributed by atoms with E-state index in [2.05, 4.69) is 36.1 Å². The number of fused-ring (bicyclic) bond motifs is 1. The van der Waals surface area contributed by atoms with Crippen molar-refractivity contribution in [2.75, 3.05) is 25.4 Å². The third kappa shape index (κ3) is 4.23. The SMILES string of the molecule is CCCCOC(=O)c1oc2c(c1N)CCN(Cc1ccccc1)CC2. The third-order valence-electron chi connectivity index (χ3n) is 4.63. The summed E-state index contributed by atoms with van der Waals surface area (Å²) in [6.07, 6.45) is 3.38. The van der Waals surface area contributed by atoms with E-state index >= 15 is 0 Å². The number of carbonyl (C=O) groups excluding carboxylic acids is 1. The Morgan fingerprint density at radius 2 is 2.00 bits per heavy atom. The number of anilines is 1. The molecule has 5 nitrogen and oxygen atoms in total. The van der Waals surface area contributed by atoms with Crippen molar-refractivity contribution in [2.24, 2.45) is 0 Å². The third-order valence-corrected chi connectivity index (χ3v) is 4.63. The van der Waals surface area contributed by atoms with Gasteiger partial charge in [-0.25, -0.2) is 4.79 Å². The second kappa shape index (κ2) is 8.21. The van der Waals surface area contributed by atoms with Gasteiger partial charge in [0.2, 0.25) is 5.76 Å². The molecule has 2 heterocycles. The van der Waals surface area contributed by atoms with E-state index in [1.807, 2.05) is 6.07 Å². The molecule has 0 aliphatic carbocycles. The van der Waals surface area contributed by atoms with E-state index in [0.717, 1.165) is 56.6 Å². The highest BCUT2D eigenvalue weighted by Gasteiger charge is 2.26. The zero-order chi connectivity index (χ0) is 17.6. The van der Waals surface area contributed by atoms with Crippen molar-refractivity contribution in [1.82, 2.24) is 4.90 Å². The van der Waals surface area contributed by atoms with E-state index in [0.29, 0.717) is 12.3 Å². The Labute approximate surface area is 148 Å². The summed E-state index contributed by atoms with van der Waals surface area (Å²) >= 11 is 0. The van der Waals surface area contributed by atoms with Crippen LogP contribution in [0.5, 0.6) is 0 Å². The molecule has 2 N–H and O–H groups in total. The number of hydrogen-bond acceptors (Lipinski definition) is 5. The molecule has 2 aromatic rings. The Balaban J connectivity index is 1.64. The minimum Gasteiger partial charge on any atom is -0.460 e. The minimum atomic E-state index is -0.444. The largest absolute Gasteiger partial charge is 0.460 e. The summed E-state index contributed by atoms with van der Waals surface area (Å²) in [6.45, 7) is 5.16. The number of rotatable bonds is 6. The Kier molecular flexibility index (Phi) is 5.76. The van der Waals surface area contributed by atoms with Crippen molar-refractivity contribution in [3.63, 3.8) is 0 Å². The number of unbranched alkanes of at least 4 members (excludes halogenated alkanes) is 1. The summed E-state index contributed by atoms with van der Waals surface area (Å²) in [7, 11) is 0. The Hall–Kier alpha value is -2.27. The fourth-order valence-corrected chi connectivity index (χ4v) is 3.17. The van der Waals surface area contributed by atoms with Crippen LogP contribution in [0.1, 0.15) is 47.2 Å². The van der Waals surface area contributed by atoms with Crippen molar-refractivity contribution < 1.29 is 13.9 Å². The molecule has 1 aromatic carbocycles. The van der Waals surface area contributed by atoms with Crippen LogP contribution in [0, 0.1) is 0 Å². The second-order valence-corrected chi connectivity index (χ2v) is 6.50. The molecule has 5 heteroatoms. The van der Waals surface area contributed by atoms with Gasteiger partial charge in [0.1, 0.15) is 5.76 Å². The number of nitrogen functional groups attached to an aromatic ring is 1. The number of nitrogens with two attached hydrogens (primary N) is 1. The lowest BCUT2D eigenvalue weighted by Gasteiger charge is -2.19. The zero-order valence-corrected chi connectivity index (χ0v) is 14.8. The lowest BCUT2D eigenvalue weighted by molar-refractivity contribution is 0.0463. The molecular weight excluding hydrogens is 316 g/mol. The minimum absolute atomic E-state index is 0.178. The molecular formula is C20H26N2O3. The van der Waals surface area contributed by atoms with Gasteiger partial charge < -0.3 is 14.9 Å². The van der Waals surface area contributed by atoms with Crippen molar-refractivity contribution in [1.29, 1.82) is 0 Å². The number of esters is 1. The van der Waals surface area contributed by atoms with Crippen LogP contribution in [0.4, 0.5) is 5.69 Å². The molecule has 3 rings (SSSR count). The predicted octanol–water partition coefficient (Wildman–Crippen LogP) is 3.42. The highest BCUT2D eigenvalue weighted by molar-refractivity contribution is 5.93. The Morgan fingerprint density at radius 3 is 2.76 bits per heavy atom. The average molecular weight is 342 g/mol. The van der Waals surface area contributed by atoms with Crippen LogP contribution in [0.3, 0.4) is 0 Å². The Bertz CT molecular complexity index is 709. The molecule has 0 fully saturated rings. The van der Waals surface area contributed by atoms with Gasteiger partial charge in [-0.05, 0) is 18.4 Å². The quantitative estimate of drug-likeness (QED) is 0.643. The molecule has 0 amide bonds. The first kappa shape index (κ1) is 17.5. The van der Waals surface area contributed by atoms with Crippen LogP contribution in [0.2, 0.25) is 0 Å². The maximum Gasteiger partial charge on any atom is 0.376 e. The summed E-state index contributed by atoms with van der Waals surface area (Å²) in [5.74, 6) is 0.563. The highest BCUT2D eigenvalue weighted by atomic mass is 16.5. The van der Waals surface area contributed by atoms with Crippen LogP contribution in [0.15, 0.2) is 34.7 Å². The summed E-state index contributed by atoms with van der Waals surface area (Å²) in [5, 5.41) is 0. The molecule has 0 unspecified atom stereocenters. The maximum atomic E-state index is 12.1. The van der Waals surface area contributed by atoms with Gasteiger partial charge in [-0.3, -0.25) is 4.90 Å². The van der Waals surface area contributed by atoms with Crippen molar-refractivity contribution in [3.05, 3.63) is 53.0 Å². The fourth-order valence-electron chi connectivity index (χ4n) is 3.17. The van der Waals surface area contributed by atoms with E-state index in [1.165, 1.54) is 5.56 Å². The van der Waals surface area contributed by atoms with Crippen LogP contribution < -0.4 is 5.73 Å². The summed E-state index contributed by atoms with van der Waals surface area (Å²) < 4.78 is 11.0. The molecule has 1 aliphatic heterocycles. The molecule has 0 atom stereocenters. The molecule has 1 aromatic heterocycles. The number of nitrogens with zero attached hydrogens (tertiary/aromatic N) is 1. The smallest absolute Gasteiger partial charge is 0.376 e. The van der Waals surface area contributed by atoms with E-state index in [-0.39, 0.29) is 5.76 Å². The lowest BCUT2D eigenvalue weighted by Crippen LogP contribution is -2.26. The molecule has 0 radical (unpaired) electrons. The first-order valence-corrected chi connectivity index (χ1v) is 9.02. The van der Waals surface area contributed by atoms with Gasteiger partial charge in [-0.2, -0.15) is 0 Å². The summed E-state index contributed by atoms with van der Waals surface area (Å²) in [5.41, 5.74) is 8.91. The van der Waals surface area contributed by atoms with Gasteiger partial charge in [-0.15, -0.1) is 0 Å². The van der Waals surface area contributed by atoms with Crippen LogP contribution in [0.25, 0.3) is 0 Å².